The van der Waals surface area contributed by atoms with Crippen molar-refractivity contribution in [1.82, 2.24) is 9.62 Å². The standard InChI is InChI=1S/C12H20N2O4S3/c1-3-13-8-11-4-5-12(19-11)21(17,18)14(2)10-6-7-20(15,16)9-10/h4-5,10,13H,3,6-9H2,1-2H3. The zero-order valence-electron chi connectivity index (χ0n) is 12.1. The maximum Gasteiger partial charge on any atom is 0.252 e. The largest absolute Gasteiger partial charge is 0.312 e. The lowest BCUT2D eigenvalue weighted by Gasteiger charge is -2.21. The summed E-state index contributed by atoms with van der Waals surface area (Å²) in [5.41, 5.74) is 0. The molecule has 1 fully saturated rings. The van der Waals surface area contributed by atoms with Crippen LogP contribution >= 0.6 is 11.3 Å². The number of hydrogen-bond acceptors (Lipinski definition) is 6. The van der Waals surface area contributed by atoms with Gasteiger partial charge in [-0.05, 0) is 25.1 Å². The van der Waals surface area contributed by atoms with E-state index in [0.29, 0.717) is 13.0 Å². The smallest absolute Gasteiger partial charge is 0.252 e. The predicted octanol–water partition coefficient (Wildman–Crippen LogP) is 0.665. The number of hydrogen-bond donors (Lipinski definition) is 1. The predicted molar refractivity (Wildman–Crippen MR) is 83.7 cm³/mol. The van der Waals surface area contributed by atoms with Crippen LogP contribution in [0.15, 0.2) is 16.3 Å². The van der Waals surface area contributed by atoms with Gasteiger partial charge in [0.2, 0.25) is 0 Å². The van der Waals surface area contributed by atoms with Crippen LogP contribution in [0.3, 0.4) is 0 Å². The lowest BCUT2D eigenvalue weighted by atomic mass is 10.3. The second kappa shape index (κ2) is 6.33. The van der Waals surface area contributed by atoms with E-state index in [1.54, 1.807) is 12.1 Å². The number of nitrogens with zero attached hydrogens (tertiary/aromatic N) is 1. The molecule has 1 aliphatic heterocycles. The molecule has 1 aliphatic rings. The molecule has 0 saturated carbocycles. The summed E-state index contributed by atoms with van der Waals surface area (Å²) in [6.45, 7) is 3.44. The van der Waals surface area contributed by atoms with Crippen LogP contribution in [0, 0.1) is 0 Å². The summed E-state index contributed by atoms with van der Waals surface area (Å²) in [6.07, 6.45) is 0.369. The minimum Gasteiger partial charge on any atom is -0.312 e. The Morgan fingerprint density at radius 2 is 2.14 bits per heavy atom. The van der Waals surface area contributed by atoms with Gasteiger partial charge < -0.3 is 5.32 Å². The van der Waals surface area contributed by atoms with Gasteiger partial charge in [0.15, 0.2) is 9.84 Å². The summed E-state index contributed by atoms with van der Waals surface area (Å²) in [7, 11) is -5.26. The number of sulfone groups is 1. The van der Waals surface area contributed by atoms with Crippen LogP contribution in [0.25, 0.3) is 0 Å². The minimum atomic E-state index is -3.62. The summed E-state index contributed by atoms with van der Waals surface area (Å²) in [5.74, 6) is -0.0218. The third kappa shape index (κ3) is 3.84. The molecule has 2 rings (SSSR count). The van der Waals surface area contributed by atoms with Crippen molar-refractivity contribution in [3.05, 3.63) is 17.0 Å². The highest BCUT2D eigenvalue weighted by atomic mass is 32.2. The zero-order chi connectivity index (χ0) is 15.7. The molecule has 21 heavy (non-hydrogen) atoms. The third-order valence-electron chi connectivity index (χ3n) is 3.54. The van der Waals surface area contributed by atoms with Crippen molar-refractivity contribution < 1.29 is 16.8 Å². The van der Waals surface area contributed by atoms with Crippen LogP contribution in [0.1, 0.15) is 18.2 Å². The van der Waals surface area contributed by atoms with Gasteiger partial charge in [0.1, 0.15) is 4.21 Å². The molecule has 0 aliphatic carbocycles. The van der Waals surface area contributed by atoms with Gasteiger partial charge in [-0.25, -0.2) is 16.8 Å². The van der Waals surface area contributed by atoms with E-state index in [0.717, 1.165) is 11.4 Å². The summed E-state index contributed by atoms with van der Waals surface area (Å²) in [4.78, 5) is 0.947. The molecule has 1 saturated heterocycles. The third-order valence-corrected chi connectivity index (χ3v) is 8.76. The van der Waals surface area contributed by atoms with Crippen molar-refractivity contribution in [2.45, 2.75) is 30.1 Å². The summed E-state index contributed by atoms with van der Waals surface area (Å²) >= 11 is 1.23. The molecule has 1 N–H and O–H groups in total. The summed E-state index contributed by atoms with van der Waals surface area (Å²) < 4.78 is 49.6. The first-order valence-corrected chi connectivity index (χ1v) is 10.8. The molecule has 120 valence electrons. The fraction of sp³-hybridized carbons (Fsp3) is 0.667. The lowest BCUT2D eigenvalue weighted by Crippen LogP contribution is -2.37. The first kappa shape index (κ1) is 16.9. The van der Waals surface area contributed by atoms with Gasteiger partial charge in [0.05, 0.1) is 11.5 Å². The molecule has 0 spiro atoms. The van der Waals surface area contributed by atoms with Gasteiger partial charge in [-0.2, -0.15) is 4.31 Å². The van der Waals surface area contributed by atoms with Crippen LogP contribution in [-0.2, 0) is 26.4 Å². The highest BCUT2D eigenvalue weighted by Crippen LogP contribution is 2.28. The Morgan fingerprint density at radius 1 is 1.43 bits per heavy atom. The quantitative estimate of drug-likeness (QED) is 0.813. The van der Waals surface area contributed by atoms with E-state index < -0.39 is 25.9 Å². The molecular weight excluding hydrogens is 332 g/mol. The highest BCUT2D eigenvalue weighted by molar-refractivity contribution is 7.92. The first-order chi connectivity index (χ1) is 9.76. The molecule has 0 bridgehead atoms. The van der Waals surface area contributed by atoms with Crippen LogP contribution in [-0.4, -0.2) is 52.3 Å². The zero-order valence-corrected chi connectivity index (χ0v) is 14.5. The van der Waals surface area contributed by atoms with Gasteiger partial charge >= 0.3 is 0 Å². The molecule has 6 nitrogen and oxygen atoms in total. The van der Waals surface area contributed by atoms with Gasteiger partial charge in [-0.15, -0.1) is 11.3 Å². The molecule has 1 aromatic rings. The van der Waals surface area contributed by atoms with Crippen LogP contribution in [0.2, 0.25) is 0 Å². The normalized spacial score (nSPS) is 22.0. The van der Waals surface area contributed by atoms with Crippen molar-refractivity contribution in [1.29, 1.82) is 0 Å². The Hall–Kier alpha value is -0.480. The van der Waals surface area contributed by atoms with Crippen LogP contribution in [0.5, 0.6) is 0 Å². The van der Waals surface area contributed by atoms with E-state index in [9.17, 15) is 16.8 Å². The van der Waals surface area contributed by atoms with E-state index in [1.807, 2.05) is 6.92 Å². The van der Waals surface area contributed by atoms with Gasteiger partial charge in [0, 0.05) is 24.5 Å². The molecule has 0 amide bonds. The van der Waals surface area contributed by atoms with Crippen LogP contribution in [0.4, 0.5) is 0 Å². The van der Waals surface area contributed by atoms with Crippen LogP contribution < -0.4 is 5.32 Å². The Kier molecular flexibility index (Phi) is 5.09. The van der Waals surface area contributed by atoms with Gasteiger partial charge in [-0.3, -0.25) is 0 Å². The maximum atomic E-state index is 12.5. The fourth-order valence-electron chi connectivity index (χ4n) is 2.24. The molecule has 2 heterocycles. The fourth-order valence-corrected chi connectivity index (χ4v) is 7.01. The first-order valence-electron chi connectivity index (χ1n) is 6.74. The lowest BCUT2D eigenvalue weighted by molar-refractivity contribution is 0.395. The van der Waals surface area contributed by atoms with Crippen molar-refractivity contribution in [3.8, 4) is 0 Å². The molecule has 1 unspecified atom stereocenters. The summed E-state index contributed by atoms with van der Waals surface area (Å²) in [6, 6.07) is 2.92. The van der Waals surface area contributed by atoms with Crippen molar-refractivity contribution >= 4 is 31.2 Å². The van der Waals surface area contributed by atoms with E-state index in [4.69, 9.17) is 0 Å². The summed E-state index contributed by atoms with van der Waals surface area (Å²) in [5, 5.41) is 3.15. The van der Waals surface area contributed by atoms with Crippen molar-refractivity contribution in [2.24, 2.45) is 0 Å². The Morgan fingerprint density at radius 3 is 2.71 bits per heavy atom. The maximum absolute atomic E-state index is 12.5. The molecule has 9 heteroatoms. The van der Waals surface area contributed by atoms with E-state index >= 15 is 0 Å². The van der Waals surface area contributed by atoms with Gasteiger partial charge in [0.25, 0.3) is 10.0 Å². The topological polar surface area (TPSA) is 83.6 Å². The van der Waals surface area contributed by atoms with Gasteiger partial charge in [-0.1, -0.05) is 6.92 Å². The number of nitrogens with one attached hydrogen (secondary N) is 1. The van der Waals surface area contributed by atoms with Crippen molar-refractivity contribution in [2.75, 3.05) is 25.1 Å². The second-order valence-electron chi connectivity index (χ2n) is 5.08. The Balaban J connectivity index is 2.15. The van der Waals surface area contributed by atoms with E-state index in [2.05, 4.69) is 5.32 Å². The molecule has 1 atom stereocenters. The average Bonchev–Trinajstić information content (AvgIpc) is 3.02. The molecular formula is C12H20N2O4S3. The van der Waals surface area contributed by atoms with E-state index in [1.165, 1.54) is 22.7 Å². The molecule has 0 aromatic carbocycles. The number of thiophene rings is 1. The number of sulfonamides is 1. The monoisotopic (exact) mass is 352 g/mol. The molecule has 0 radical (unpaired) electrons. The number of rotatable bonds is 6. The van der Waals surface area contributed by atoms with E-state index in [-0.39, 0.29) is 15.7 Å². The Labute approximate surface area is 130 Å². The average molecular weight is 353 g/mol. The Bertz CT molecular complexity index is 694. The molecule has 1 aromatic heterocycles. The SMILES string of the molecule is CCNCc1ccc(S(=O)(=O)N(C)C2CCS(=O)(=O)C2)s1. The highest BCUT2D eigenvalue weighted by Gasteiger charge is 2.36. The second-order valence-corrected chi connectivity index (χ2v) is 10.7. The van der Waals surface area contributed by atoms with Crippen molar-refractivity contribution in [3.63, 3.8) is 0 Å². The minimum absolute atomic E-state index is 0.0631.